The summed E-state index contributed by atoms with van der Waals surface area (Å²) in [6.45, 7) is 5.15. The SMILES string of the molecule is CC(=O)Nc1ncc(CN2C[C@H](Oc3cc(OC4CC(F)C4)ncn3)C[C@@H]2C)s1. The van der Waals surface area contributed by atoms with Gasteiger partial charge in [-0.3, -0.25) is 9.69 Å². The summed E-state index contributed by atoms with van der Waals surface area (Å²) in [4.78, 5) is 27.1. The van der Waals surface area contributed by atoms with Crippen LogP contribution in [0.15, 0.2) is 18.6 Å². The normalized spacial score (nSPS) is 26.7. The number of anilines is 1. The number of alkyl halides is 1. The zero-order valence-electron chi connectivity index (χ0n) is 16.4. The summed E-state index contributed by atoms with van der Waals surface area (Å²) in [6.07, 6.45) is 4.04. The fourth-order valence-electron chi connectivity index (χ4n) is 3.53. The van der Waals surface area contributed by atoms with Crippen LogP contribution in [0.2, 0.25) is 0 Å². The van der Waals surface area contributed by atoms with E-state index < -0.39 is 6.17 Å². The lowest BCUT2D eigenvalue weighted by atomic mass is 9.94. The van der Waals surface area contributed by atoms with Crippen LogP contribution in [-0.4, -0.2) is 56.7 Å². The van der Waals surface area contributed by atoms with Crippen molar-refractivity contribution in [1.82, 2.24) is 19.9 Å². The van der Waals surface area contributed by atoms with Gasteiger partial charge >= 0.3 is 0 Å². The number of hydrogen-bond acceptors (Lipinski definition) is 8. The minimum Gasteiger partial charge on any atom is -0.474 e. The third kappa shape index (κ3) is 5.18. The second-order valence-corrected chi connectivity index (χ2v) is 8.69. The molecule has 3 heterocycles. The first-order chi connectivity index (χ1) is 13.9. The Kier molecular flexibility index (Phi) is 5.91. The molecule has 2 aliphatic rings. The average Bonchev–Trinajstić information content (AvgIpc) is 3.20. The van der Waals surface area contributed by atoms with E-state index in [-0.39, 0.29) is 18.1 Å². The number of aromatic nitrogens is 3. The maximum Gasteiger partial charge on any atom is 0.223 e. The second kappa shape index (κ2) is 8.58. The predicted molar refractivity (Wildman–Crippen MR) is 106 cm³/mol. The Hall–Kier alpha value is -2.33. The lowest BCUT2D eigenvalue weighted by Gasteiger charge is -2.29. The quantitative estimate of drug-likeness (QED) is 0.735. The maximum atomic E-state index is 12.9. The van der Waals surface area contributed by atoms with Crippen LogP contribution < -0.4 is 14.8 Å². The number of ether oxygens (including phenoxy) is 2. The van der Waals surface area contributed by atoms with E-state index in [2.05, 4.69) is 32.1 Å². The molecule has 4 rings (SSSR count). The molecule has 0 spiro atoms. The largest absolute Gasteiger partial charge is 0.474 e. The van der Waals surface area contributed by atoms with E-state index in [0.717, 1.165) is 24.4 Å². The Labute approximate surface area is 172 Å². The van der Waals surface area contributed by atoms with Gasteiger partial charge in [0, 0.05) is 56.4 Å². The van der Waals surface area contributed by atoms with E-state index in [1.165, 1.54) is 24.6 Å². The Bertz CT molecular complexity index is 860. The number of nitrogens with zero attached hydrogens (tertiary/aromatic N) is 4. The molecule has 2 fully saturated rings. The molecule has 10 heteroatoms. The monoisotopic (exact) mass is 421 g/mol. The molecule has 2 aromatic heterocycles. The van der Waals surface area contributed by atoms with E-state index in [9.17, 15) is 9.18 Å². The lowest BCUT2D eigenvalue weighted by molar-refractivity contribution is -0.114. The molecule has 1 amide bonds. The molecular weight excluding hydrogens is 397 g/mol. The molecule has 0 bridgehead atoms. The molecule has 2 atom stereocenters. The summed E-state index contributed by atoms with van der Waals surface area (Å²) in [5.74, 6) is 0.768. The summed E-state index contributed by atoms with van der Waals surface area (Å²) in [5.41, 5.74) is 0. The van der Waals surface area contributed by atoms with Gasteiger partial charge in [-0.15, -0.1) is 11.3 Å². The van der Waals surface area contributed by atoms with Crippen molar-refractivity contribution in [3.63, 3.8) is 0 Å². The molecule has 8 nitrogen and oxygen atoms in total. The van der Waals surface area contributed by atoms with Gasteiger partial charge in [0.25, 0.3) is 0 Å². The molecule has 1 N–H and O–H groups in total. The Morgan fingerprint density at radius 2 is 1.97 bits per heavy atom. The minimum absolute atomic E-state index is 0.00871. The van der Waals surface area contributed by atoms with Gasteiger partial charge in [0.05, 0.1) is 6.07 Å². The second-order valence-electron chi connectivity index (χ2n) is 7.57. The molecule has 0 aromatic carbocycles. The molecule has 29 heavy (non-hydrogen) atoms. The van der Waals surface area contributed by atoms with E-state index >= 15 is 0 Å². The van der Waals surface area contributed by atoms with Gasteiger partial charge in [-0.05, 0) is 6.92 Å². The predicted octanol–water partition coefficient (Wildman–Crippen LogP) is 2.81. The van der Waals surface area contributed by atoms with Crippen molar-refractivity contribution in [3.05, 3.63) is 23.5 Å². The number of rotatable bonds is 7. The fourth-order valence-corrected chi connectivity index (χ4v) is 4.42. The van der Waals surface area contributed by atoms with Crippen LogP contribution in [-0.2, 0) is 11.3 Å². The number of amides is 1. The molecule has 1 aliphatic heterocycles. The fraction of sp³-hybridized carbons (Fsp3) is 0.579. The third-order valence-electron chi connectivity index (χ3n) is 5.09. The molecule has 1 aliphatic carbocycles. The number of halogens is 1. The first-order valence-electron chi connectivity index (χ1n) is 9.70. The highest BCUT2D eigenvalue weighted by Gasteiger charge is 2.32. The maximum absolute atomic E-state index is 12.9. The highest BCUT2D eigenvalue weighted by Crippen LogP contribution is 2.29. The van der Waals surface area contributed by atoms with Gasteiger partial charge in [-0.2, -0.15) is 0 Å². The van der Waals surface area contributed by atoms with Gasteiger partial charge in [-0.25, -0.2) is 19.3 Å². The van der Waals surface area contributed by atoms with Gasteiger partial charge in [-0.1, -0.05) is 0 Å². The Balaban J connectivity index is 1.30. The van der Waals surface area contributed by atoms with Crippen molar-refractivity contribution in [2.24, 2.45) is 0 Å². The van der Waals surface area contributed by atoms with Crippen LogP contribution in [0.25, 0.3) is 0 Å². The first-order valence-corrected chi connectivity index (χ1v) is 10.5. The molecule has 1 saturated carbocycles. The topological polar surface area (TPSA) is 89.5 Å². The van der Waals surface area contributed by atoms with Crippen LogP contribution in [0.4, 0.5) is 9.52 Å². The third-order valence-corrected chi connectivity index (χ3v) is 5.99. The number of thiazole rings is 1. The van der Waals surface area contributed by atoms with Gasteiger partial charge < -0.3 is 14.8 Å². The summed E-state index contributed by atoms with van der Waals surface area (Å²) in [6, 6.07) is 2.02. The van der Waals surface area contributed by atoms with E-state index in [4.69, 9.17) is 9.47 Å². The summed E-state index contributed by atoms with van der Waals surface area (Å²) >= 11 is 1.48. The highest BCUT2D eigenvalue weighted by molar-refractivity contribution is 7.15. The number of nitrogens with one attached hydrogen (secondary N) is 1. The van der Waals surface area contributed by atoms with Crippen LogP contribution in [0.3, 0.4) is 0 Å². The van der Waals surface area contributed by atoms with Gasteiger partial charge in [0.1, 0.15) is 24.7 Å². The molecule has 0 radical (unpaired) electrons. The van der Waals surface area contributed by atoms with Crippen molar-refractivity contribution >= 4 is 22.4 Å². The van der Waals surface area contributed by atoms with Crippen molar-refractivity contribution in [2.75, 3.05) is 11.9 Å². The van der Waals surface area contributed by atoms with E-state index in [1.54, 1.807) is 12.3 Å². The average molecular weight is 421 g/mol. The van der Waals surface area contributed by atoms with Crippen LogP contribution in [0, 0.1) is 0 Å². The van der Waals surface area contributed by atoms with E-state index in [0.29, 0.717) is 35.8 Å². The zero-order valence-corrected chi connectivity index (χ0v) is 17.2. The number of hydrogen-bond donors (Lipinski definition) is 1. The first kappa shape index (κ1) is 20.0. The Morgan fingerprint density at radius 3 is 2.66 bits per heavy atom. The zero-order chi connectivity index (χ0) is 20.4. The lowest BCUT2D eigenvalue weighted by Crippen LogP contribution is -2.35. The molecule has 156 valence electrons. The van der Waals surface area contributed by atoms with Crippen LogP contribution in [0.5, 0.6) is 11.8 Å². The van der Waals surface area contributed by atoms with Crippen molar-refractivity contribution < 1.29 is 18.7 Å². The molecule has 2 aromatic rings. The van der Waals surface area contributed by atoms with Crippen molar-refractivity contribution in [1.29, 1.82) is 0 Å². The van der Waals surface area contributed by atoms with Crippen molar-refractivity contribution in [3.8, 4) is 11.8 Å². The summed E-state index contributed by atoms with van der Waals surface area (Å²) < 4.78 is 24.7. The van der Waals surface area contributed by atoms with Crippen molar-refractivity contribution in [2.45, 2.75) is 64.1 Å². The Morgan fingerprint density at radius 1 is 1.24 bits per heavy atom. The number of carbonyl (C=O) groups excluding carboxylic acids is 1. The van der Waals surface area contributed by atoms with E-state index in [1.807, 2.05) is 0 Å². The number of likely N-dealkylation sites (tertiary alicyclic amines) is 1. The summed E-state index contributed by atoms with van der Waals surface area (Å²) in [7, 11) is 0. The highest BCUT2D eigenvalue weighted by atomic mass is 32.1. The standard InChI is InChI=1S/C19H24FN5O3S/c1-11-3-15(8-25(11)9-16-7-21-19(29-16)24-12(2)26)28-18-6-17(22-10-23-18)27-14-4-13(20)5-14/h6-7,10-11,13-15H,3-5,8-9H2,1-2H3,(H,21,24,26)/t11-,13?,14?,15+/m0/s1. The molecule has 0 unspecified atom stereocenters. The molecular formula is C19H24FN5O3S. The number of carbonyl (C=O) groups is 1. The minimum atomic E-state index is -0.767. The molecule has 1 saturated heterocycles. The van der Waals surface area contributed by atoms with Gasteiger partial charge in [0.2, 0.25) is 17.7 Å². The van der Waals surface area contributed by atoms with Crippen LogP contribution >= 0.6 is 11.3 Å². The summed E-state index contributed by atoms with van der Waals surface area (Å²) in [5, 5.41) is 3.33. The van der Waals surface area contributed by atoms with Crippen LogP contribution in [0.1, 0.15) is 38.0 Å². The van der Waals surface area contributed by atoms with Gasteiger partial charge in [0.15, 0.2) is 5.13 Å². The smallest absolute Gasteiger partial charge is 0.223 e.